The average molecular weight is 417 g/mol. The third kappa shape index (κ3) is 4.59. The number of hydrogen-bond acceptors (Lipinski definition) is 6. The van der Waals surface area contributed by atoms with E-state index in [2.05, 4.69) is 37.0 Å². The second-order valence-corrected chi connectivity index (χ2v) is 7.56. The van der Waals surface area contributed by atoms with Crippen molar-refractivity contribution in [3.63, 3.8) is 0 Å². The molecule has 2 saturated heterocycles. The summed E-state index contributed by atoms with van der Waals surface area (Å²) in [5.41, 5.74) is 0.231. The van der Waals surface area contributed by atoms with Gasteiger partial charge in [-0.3, -0.25) is 0 Å². The maximum Gasteiger partial charge on any atom is 0.321 e. The Hall–Kier alpha value is -3.01. The van der Waals surface area contributed by atoms with Crippen LogP contribution in [0.1, 0.15) is 0 Å². The third-order valence-corrected chi connectivity index (χ3v) is 5.53. The summed E-state index contributed by atoms with van der Waals surface area (Å²) in [7, 11) is 2.12. The molecule has 0 radical (unpaired) electrons. The highest BCUT2D eigenvalue weighted by Crippen LogP contribution is 2.20. The zero-order chi connectivity index (χ0) is 21.1. The number of halogens is 2. The summed E-state index contributed by atoms with van der Waals surface area (Å²) in [5, 5.41) is 2.62. The van der Waals surface area contributed by atoms with Gasteiger partial charge in [-0.05, 0) is 19.2 Å². The number of hydrogen-bond donors (Lipinski definition) is 1. The number of rotatable bonds is 3. The standard InChI is InChI=1S/C20H25F2N7O/c1-26-4-6-27(7-5-26)18-13-19(24-14-23-18)28-8-10-29(11-9-28)20(30)25-15-2-3-16(21)17(22)12-15/h2-3,12-14H,4-11H2,1H3,(H,25,30). The molecule has 1 aromatic heterocycles. The van der Waals surface area contributed by atoms with Gasteiger partial charge in [-0.15, -0.1) is 0 Å². The van der Waals surface area contributed by atoms with Crippen LogP contribution in [0.4, 0.5) is 30.9 Å². The minimum Gasteiger partial charge on any atom is -0.354 e. The molecule has 8 nitrogen and oxygen atoms in total. The van der Waals surface area contributed by atoms with Crippen LogP contribution in [0.25, 0.3) is 0 Å². The lowest BCUT2D eigenvalue weighted by Gasteiger charge is -2.36. The maximum absolute atomic E-state index is 13.3. The smallest absolute Gasteiger partial charge is 0.321 e. The van der Waals surface area contributed by atoms with Crippen LogP contribution in [0, 0.1) is 11.6 Å². The molecule has 1 N–H and O–H groups in total. The molecule has 2 amide bonds. The SMILES string of the molecule is CN1CCN(c2cc(N3CCN(C(=O)Nc4ccc(F)c(F)c4)CC3)ncn2)CC1. The number of nitrogens with zero attached hydrogens (tertiary/aromatic N) is 6. The van der Waals surface area contributed by atoms with E-state index >= 15 is 0 Å². The summed E-state index contributed by atoms with van der Waals surface area (Å²) in [5.74, 6) is -0.161. The van der Waals surface area contributed by atoms with E-state index in [0.717, 1.165) is 49.9 Å². The van der Waals surface area contributed by atoms with Gasteiger partial charge in [0.1, 0.15) is 18.0 Å². The van der Waals surface area contributed by atoms with Crippen LogP contribution in [0.15, 0.2) is 30.6 Å². The highest BCUT2D eigenvalue weighted by atomic mass is 19.2. The van der Waals surface area contributed by atoms with E-state index in [1.807, 2.05) is 6.07 Å². The molecule has 160 valence electrons. The van der Waals surface area contributed by atoms with Gasteiger partial charge in [0.2, 0.25) is 0 Å². The van der Waals surface area contributed by atoms with Crippen LogP contribution in [0.5, 0.6) is 0 Å². The van der Waals surface area contributed by atoms with Gasteiger partial charge in [-0.1, -0.05) is 0 Å². The number of nitrogens with one attached hydrogen (secondary N) is 1. The van der Waals surface area contributed by atoms with Crippen LogP contribution in [-0.4, -0.2) is 85.2 Å². The predicted octanol–water partition coefficient (Wildman–Crippen LogP) is 1.86. The largest absolute Gasteiger partial charge is 0.354 e. The van der Waals surface area contributed by atoms with Crippen molar-refractivity contribution < 1.29 is 13.6 Å². The second kappa shape index (κ2) is 8.78. The van der Waals surface area contributed by atoms with Gasteiger partial charge in [0, 0.05) is 70.2 Å². The van der Waals surface area contributed by atoms with Crippen molar-refractivity contribution in [1.82, 2.24) is 19.8 Å². The molecule has 1 aromatic carbocycles. The zero-order valence-corrected chi connectivity index (χ0v) is 16.9. The first kappa shape index (κ1) is 20.3. The predicted molar refractivity (Wildman–Crippen MR) is 111 cm³/mol. The second-order valence-electron chi connectivity index (χ2n) is 7.56. The van der Waals surface area contributed by atoms with E-state index in [4.69, 9.17) is 0 Å². The van der Waals surface area contributed by atoms with Crippen molar-refractivity contribution in [2.75, 3.05) is 74.5 Å². The van der Waals surface area contributed by atoms with Crippen molar-refractivity contribution in [3.8, 4) is 0 Å². The highest BCUT2D eigenvalue weighted by molar-refractivity contribution is 5.89. The molecule has 2 aromatic rings. The summed E-state index contributed by atoms with van der Waals surface area (Å²) in [6.45, 7) is 6.15. The molecular weight excluding hydrogens is 392 g/mol. The van der Waals surface area contributed by atoms with E-state index < -0.39 is 11.6 Å². The molecule has 30 heavy (non-hydrogen) atoms. The number of amides is 2. The Balaban J connectivity index is 1.33. The lowest BCUT2D eigenvalue weighted by Crippen LogP contribution is -2.50. The van der Waals surface area contributed by atoms with E-state index in [1.54, 1.807) is 11.2 Å². The molecule has 4 rings (SSSR count). The van der Waals surface area contributed by atoms with Gasteiger partial charge < -0.3 is 24.9 Å². The fraction of sp³-hybridized carbons (Fsp3) is 0.450. The molecule has 0 bridgehead atoms. The Morgan fingerprint density at radius 3 is 2.07 bits per heavy atom. The van der Waals surface area contributed by atoms with E-state index in [-0.39, 0.29) is 11.7 Å². The Labute approximate surface area is 174 Å². The van der Waals surface area contributed by atoms with Crippen molar-refractivity contribution in [2.24, 2.45) is 0 Å². The molecule has 2 aliphatic rings. The molecule has 2 aliphatic heterocycles. The summed E-state index contributed by atoms with van der Waals surface area (Å²) in [6.07, 6.45) is 1.59. The third-order valence-electron chi connectivity index (χ3n) is 5.53. The van der Waals surface area contributed by atoms with Crippen molar-refractivity contribution in [3.05, 3.63) is 42.2 Å². The number of benzene rings is 1. The van der Waals surface area contributed by atoms with Crippen LogP contribution in [0.2, 0.25) is 0 Å². The van der Waals surface area contributed by atoms with Gasteiger partial charge in [0.15, 0.2) is 11.6 Å². The van der Waals surface area contributed by atoms with Crippen molar-refractivity contribution in [1.29, 1.82) is 0 Å². The van der Waals surface area contributed by atoms with Gasteiger partial charge in [-0.2, -0.15) is 0 Å². The van der Waals surface area contributed by atoms with Crippen LogP contribution < -0.4 is 15.1 Å². The van der Waals surface area contributed by atoms with Gasteiger partial charge in [-0.25, -0.2) is 23.5 Å². The number of urea groups is 1. The molecule has 10 heteroatoms. The number of aromatic nitrogens is 2. The first-order valence-corrected chi connectivity index (χ1v) is 10.0. The van der Waals surface area contributed by atoms with Crippen LogP contribution >= 0.6 is 0 Å². The van der Waals surface area contributed by atoms with E-state index in [9.17, 15) is 13.6 Å². The molecule has 3 heterocycles. The van der Waals surface area contributed by atoms with Gasteiger partial charge in [0.05, 0.1) is 0 Å². The number of carbonyl (C=O) groups excluding carboxylic acids is 1. The van der Waals surface area contributed by atoms with Gasteiger partial charge in [0.25, 0.3) is 0 Å². The first-order valence-electron chi connectivity index (χ1n) is 10.0. The van der Waals surface area contributed by atoms with E-state index in [0.29, 0.717) is 26.2 Å². The van der Waals surface area contributed by atoms with Crippen molar-refractivity contribution in [2.45, 2.75) is 0 Å². The molecule has 0 aliphatic carbocycles. The number of likely N-dealkylation sites (N-methyl/N-ethyl adjacent to an activating group) is 1. The van der Waals surface area contributed by atoms with Crippen molar-refractivity contribution >= 4 is 23.4 Å². The highest BCUT2D eigenvalue weighted by Gasteiger charge is 2.23. The Morgan fingerprint density at radius 2 is 1.47 bits per heavy atom. The zero-order valence-electron chi connectivity index (χ0n) is 16.9. The topological polar surface area (TPSA) is 67.8 Å². The Morgan fingerprint density at radius 1 is 0.867 bits per heavy atom. The maximum atomic E-state index is 13.3. The summed E-state index contributed by atoms with van der Waals surface area (Å²) in [4.78, 5) is 29.6. The molecule has 0 unspecified atom stereocenters. The molecular formula is C20H25F2N7O. The quantitative estimate of drug-likeness (QED) is 0.823. The monoisotopic (exact) mass is 417 g/mol. The Bertz CT molecular complexity index is 896. The van der Waals surface area contributed by atoms with Crippen LogP contribution in [0.3, 0.4) is 0 Å². The van der Waals surface area contributed by atoms with E-state index in [1.165, 1.54) is 6.07 Å². The lowest BCUT2D eigenvalue weighted by molar-refractivity contribution is 0.208. The fourth-order valence-electron chi connectivity index (χ4n) is 3.63. The normalized spacial score (nSPS) is 17.9. The minimum absolute atomic E-state index is 0.231. The minimum atomic E-state index is -0.988. The van der Waals surface area contributed by atoms with Crippen LogP contribution in [-0.2, 0) is 0 Å². The Kier molecular flexibility index (Phi) is 5.93. The first-order chi connectivity index (χ1) is 14.5. The summed E-state index contributed by atoms with van der Waals surface area (Å²) >= 11 is 0. The summed E-state index contributed by atoms with van der Waals surface area (Å²) in [6, 6.07) is 4.98. The number of anilines is 3. The molecule has 0 atom stereocenters. The lowest BCUT2D eigenvalue weighted by atomic mass is 10.3. The van der Waals surface area contributed by atoms with Gasteiger partial charge >= 0.3 is 6.03 Å². The average Bonchev–Trinajstić information content (AvgIpc) is 2.77. The molecule has 0 spiro atoms. The number of carbonyl (C=O) groups is 1. The fourth-order valence-corrected chi connectivity index (χ4v) is 3.63. The molecule has 2 fully saturated rings. The number of piperazine rings is 2. The summed E-state index contributed by atoms with van der Waals surface area (Å²) < 4.78 is 26.4. The molecule has 0 saturated carbocycles.